The highest BCUT2D eigenvalue weighted by Gasteiger charge is 2.12. The highest BCUT2D eigenvalue weighted by atomic mass is 16.3. The molecule has 0 spiro atoms. The number of benzene rings is 2. The third kappa shape index (κ3) is 4.49. The Labute approximate surface area is 141 Å². The third-order valence-corrected chi connectivity index (χ3v) is 3.71. The Hall–Kier alpha value is -3.01. The molecule has 0 aliphatic rings. The van der Waals surface area contributed by atoms with Gasteiger partial charge in [-0.3, -0.25) is 4.79 Å². The lowest BCUT2D eigenvalue weighted by Crippen LogP contribution is -2.36. The van der Waals surface area contributed by atoms with E-state index < -0.39 is 0 Å². The smallest absolute Gasteiger partial charge is 0.239 e. The Morgan fingerprint density at radius 2 is 1.62 bits per heavy atom. The number of carbonyl (C=O) groups is 1. The van der Waals surface area contributed by atoms with Crippen LogP contribution in [-0.4, -0.2) is 12.5 Å². The molecule has 0 aliphatic heterocycles. The predicted molar refractivity (Wildman–Crippen MR) is 94.5 cm³/mol. The molecule has 0 saturated heterocycles. The fourth-order valence-corrected chi connectivity index (χ4v) is 2.51. The van der Waals surface area contributed by atoms with Crippen LogP contribution in [0.1, 0.15) is 11.3 Å². The molecule has 1 amide bonds. The molecule has 1 heterocycles. The van der Waals surface area contributed by atoms with Crippen molar-refractivity contribution in [3.05, 3.63) is 90.4 Å². The molecule has 0 saturated carbocycles. The first-order valence-electron chi connectivity index (χ1n) is 7.94. The van der Waals surface area contributed by atoms with Gasteiger partial charge in [0.05, 0.1) is 19.4 Å². The molecule has 4 nitrogen and oxygen atoms in total. The van der Waals surface area contributed by atoms with Gasteiger partial charge in [0.15, 0.2) is 0 Å². The number of nitrogens with zero attached hydrogens (tertiary/aromatic N) is 1. The molecular formula is C20H20N2O2. The van der Waals surface area contributed by atoms with Gasteiger partial charge < -0.3 is 14.6 Å². The Bertz CT molecular complexity index is 740. The first-order chi connectivity index (χ1) is 11.8. The zero-order valence-corrected chi connectivity index (χ0v) is 13.4. The summed E-state index contributed by atoms with van der Waals surface area (Å²) in [5.74, 6) is 0.712. The number of furan rings is 1. The number of anilines is 1. The largest absolute Gasteiger partial charge is 0.467 e. The van der Waals surface area contributed by atoms with E-state index in [1.54, 1.807) is 6.26 Å². The second-order valence-corrected chi connectivity index (χ2v) is 5.53. The van der Waals surface area contributed by atoms with Crippen molar-refractivity contribution in [3.63, 3.8) is 0 Å². The zero-order valence-electron chi connectivity index (χ0n) is 13.4. The van der Waals surface area contributed by atoms with E-state index in [0.29, 0.717) is 19.6 Å². The van der Waals surface area contributed by atoms with Crippen molar-refractivity contribution in [2.75, 3.05) is 11.4 Å². The normalized spacial score (nSPS) is 10.3. The summed E-state index contributed by atoms with van der Waals surface area (Å²) in [5, 5.41) is 2.90. The van der Waals surface area contributed by atoms with Gasteiger partial charge in [-0.05, 0) is 29.8 Å². The summed E-state index contributed by atoms with van der Waals surface area (Å²) in [6.07, 6.45) is 1.60. The second-order valence-electron chi connectivity index (χ2n) is 5.53. The summed E-state index contributed by atoms with van der Waals surface area (Å²) in [7, 11) is 0. The van der Waals surface area contributed by atoms with E-state index in [1.165, 1.54) is 5.56 Å². The van der Waals surface area contributed by atoms with Crippen LogP contribution in [0.5, 0.6) is 0 Å². The lowest BCUT2D eigenvalue weighted by Gasteiger charge is -2.24. The minimum absolute atomic E-state index is 0.0359. The number of nitrogens with one attached hydrogen (secondary N) is 1. The van der Waals surface area contributed by atoms with Crippen molar-refractivity contribution < 1.29 is 9.21 Å². The number of carbonyl (C=O) groups excluding carboxylic acids is 1. The number of amides is 1. The Morgan fingerprint density at radius 3 is 2.29 bits per heavy atom. The summed E-state index contributed by atoms with van der Waals surface area (Å²) in [6.45, 7) is 1.37. The Balaban J connectivity index is 1.66. The highest BCUT2D eigenvalue weighted by molar-refractivity contribution is 5.81. The van der Waals surface area contributed by atoms with Gasteiger partial charge in [0.2, 0.25) is 5.91 Å². The molecule has 1 N–H and O–H groups in total. The van der Waals surface area contributed by atoms with Crippen LogP contribution >= 0.6 is 0 Å². The monoisotopic (exact) mass is 320 g/mol. The maximum atomic E-state index is 12.3. The van der Waals surface area contributed by atoms with Gasteiger partial charge in [-0.2, -0.15) is 0 Å². The SMILES string of the molecule is O=C(CN(Cc1ccccc1)c1ccccc1)NCc1ccco1. The van der Waals surface area contributed by atoms with Gasteiger partial charge in [-0.25, -0.2) is 0 Å². The van der Waals surface area contributed by atoms with Gasteiger partial charge >= 0.3 is 0 Å². The minimum atomic E-state index is -0.0359. The fourth-order valence-electron chi connectivity index (χ4n) is 2.51. The molecule has 4 heteroatoms. The van der Waals surface area contributed by atoms with Crippen LogP contribution in [0.4, 0.5) is 5.69 Å². The van der Waals surface area contributed by atoms with Crippen molar-refractivity contribution in [1.29, 1.82) is 0 Å². The van der Waals surface area contributed by atoms with E-state index in [9.17, 15) is 4.79 Å². The molecule has 0 atom stereocenters. The third-order valence-electron chi connectivity index (χ3n) is 3.71. The molecule has 1 aromatic heterocycles. The van der Waals surface area contributed by atoms with Gasteiger partial charge in [-0.1, -0.05) is 48.5 Å². The summed E-state index contributed by atoms with van der Waals surface area (Å²) in [5.41, 5.74) is 2.19. The van der Waals surface area contributed by atoms with Crippen LogP contribution < -0.4 is 10.2 Å². The van der Waals surface area contributed by atoms with Crippen molar-refractivity contribution in [2.45, 2.75) is 13.1 Å². The first kappa shape index (κ1) is 15.9. The molecule has 0 fully saturated rings. The molecule has 122 valence electrons. The second kappa shape index (κ2) is 8.02. The summed E-state index contributed by atoms with van der Waals surface area (Å²) in [6, 6.07) is 23.8. The van der Waals surface area contributed by atoms with E-state index in [0.717, 1.165) is 11.4 Å². The molecule has 24 heavy (non-hydrogen) atoms. The summed E-state index contributed by atoms with van der Waals surface area (Å²) in [4.78, 5) is 14.4. The van der Waals surface area contributed by atoms with Gasteiger partial charge in [0.1, 0.15) is 5.76 Å². The van der Waals surface area contributed by atoms with E-state index in [-0.39, 0.29) is 5.91 Å². The molecular weight excluding hydrogens is 300 g/mol. The Morgan fingerprint density at radius 1 is 0.917 bits per heavy atom. The van der Waals surface area contributed by atoms with Gasteiger partial charge in [0.25, 0.3) is 0 Å². The molecule has 0 radical (unpaired) electrons. The fraction of sp³-hybridized carbons (Fsp3) is 0.150. The predicted octanol–water partition coefficient (Wildman–Crippen LogP) is 3.60. The van der Waals surface area contributed by atoms with Crippen LogP contribution in [-0.2, 0) is 17.9 Å². The molecule has 0 unspecified atom stereocenters. The van der Waals surface area contributed by atoms with E-state index in [4.69, 9.17) is 4.42 Å². The van der Waals surface area contributed by atoms with Crippen molar-refractivity contribution in [3.8, 4) is 0 Å². The average Bonchev–Trinajstić information content (AvgIpc) is 3.15. The van der Waals surface area contributed by atoms with Crippen LogP contribution in [0.15, 0.2) is 83.5 Å². The van der Waals surface area contributed by atoms with Crippen molar-refractivity contribution >= 4 is 11.6 Å². The van der Waals surface area contributed by atoms with E-state index in [2.05, 4.69) is 22.3 Å². The van der Waals surface area contributed by atoms with Gasteiger partial charge in [-0.15, -0.1) is 0 Å². The number of rotatable bonds is 7. The lowest BCUT2D eigenvalue weighted by atomic mass is 10.2. The number of para-hydroxylation sites is 1. The topological polar surface area (TPSA) is 45.5 Å². The molecule has 0 aliphatic carbocycles. The average molecular weight is 320 g/mol. The number of hydrogen-bond donors (Lipinski definition) is 1. The lowest BCUT2D eigenvalue weighted by molar-refractivity contribution is -0.120. The highest BCUT2D eigenvalue weighted by Crippen LogP contribution is 2.16. The summed E-state index contributed by atoms with van der Waals surface area (Å²) < 4.78 is 5.24. The molecule has 3 rings (SSSR count). The minimum Gasteiger partial charge on any atom is -0.467 e. The standard InChI is InChI=1S/C20H20N2O2/c23-20(21-14-19-12-7-13-24-19)16-22(18-10-5-2-6-11-18)15-17-8-3-1-4-9-17/h1-13H,14-16H2,(H,21,23). The quantitative estimate of drug-likeness (QED) is 0.723. The van der Waals surface area contributed by atoms with Crippen LogP contribution in [0.2, 0.25) is 0 Å². The zero-order chi connectivity index (χ0) is 16.6. The molecule has 0 bridgehead atoms. The van der Waals surface area contributed by atoms with Crippen LogP contribution in [0.3, 0.4) is 0 Å². The first-order valence-corrected chi connectivity index (χ1v) is 7.94. The maximum Gasteiger partial charge on any atom is 0.239 e. The molecule has 3 aromatic rings. The molecule has 2 aromatic carbocycles. The summed E-state index contributed by atoms with van der Waals surface area (Å²) >= 11 is 0. The van der Waals surface area contributed by atoms with Crippen molar-refractivity contribution in [1.82, 2.24) is 5.32 Å². The van der Waals surface area contributed by atoms with Crippen LogP contribution in [0, 0.1) is 0 Å². The Kier molecular flexibility index (Phi) is 5.30. The van der Waals surface area contributed by atoms with E-state index >= 15 is 0 Å². The maximum absolute atomic E-state index is 12.3. The van der Waals surface area contributed by atoms with Gasteiger partial charge in [0, 0.05) is 12.2 Å². The number of hydrogen-bond acceptors (Lipinski definition) is 3. The van der Waals surface area contributed by atoms with E-state index in [1.807, 2.05) is 60.7 Å². The van der Waals surface area contributed by atoms with Crippen molar-refractivity contribution in [2.24, 2.45) is 0 Å². The van der Waals surface area contributed by atoms with Crippen LogP contribution in [0.25, 0.3) is 0 Å².